The highest BCUT2D eigenvalue weighted by Gasteiger charge is 2.15. The highest BCUT2D eigenvalue weighted by Crippen LogP contribution is 2.23. The molecule has 0 aliphatic heterocycles. The van der Waals surface area contributed by atoms with Crippen LogP contribution in [0.25, 0.3) is 0 Å². The van der Waals surface area contributed by atoms with Gasteiger partial charge in [0, 0.05) is 5.02 Å². The van der Waals surface area contributed by atoms with Crippen molar-refractivity contribution in [2.24, 2.45) is 0 Å². The van der Waals surface area contributed by atoms with E-state index in [9.17, 15) is 13.4 Å². The van der Waals surface area contributed by atoms with Gasteiger partial charge >= 0.3 is 5.97 Å². The second kappa shape index (κ2) is 6.37. The van der Waals surface area contributed by atoms with Crippen molar-refractivity contribution in [1.82, 2.24) is 0 Å². The molecule has 0 aliphatic carbocycles. The van der Waals surface area contributed by atoms with E-state index in [0.717, 1.165) is 23.8 Å². The van der Waals surface area contributed by atoms with E-state index in [0.29, 0.717) is 10.6 Å². The summed E-state index contributed by atoms with van der Waals surface area (Å²) >= 11 is 6.06. The summed E-state index contributed by atoms with van der Waals surface area (Å²) in [5.41, 5.74) is 1.49. The van der Waals surface area contributed by atoms with Crippen molar-refractivity contribution >= 4 is 28.4 Å². The topological polar surface area (TPSA) is 54.4 Å². The van der Waals surface area contributed by atoms with Crippen molar-refractivity contribution in [2.75, 3.05) is 0 Å². The van der Waals surface area contributed by atoms with E-state index >= 15 is 0 Å². The van der Waals surface area contributed by atoms with Gasteiger partial charge in [0.05, 0.1) is 27.0 Å². The molecular weight excluding hydrogens is 315 g/mol. The second-order valence-electron chi connectivity index (χ2n) is 4.54. The summed E-state index contributed by atoms with van der Waals surface area (Å²) in [6.07, 6.45) is 0. The molecule has 2 aromatic rings. The number of hydrogen-bond acceptors (Lipinski definition) is 2. The number of carboxylic acid groups (broad SMARTS) is 1. The Labute approximate surface area is 128 Å². The second-order valence-corrected chi connectivity index (χ2v) is 6.36. The molecule has 110 valence electrons. The first-order valence-electron chi connectivity index (χ1n) is 6.04. The van der Waals surface area contributed by atoms with Crippen LogP contribution in [0.5, 0.6) is 0 Å². The number of benzene rings is 2. The smallest absolute Gasteiger partial charge is 0.335 e. The van der Waals surface area contributed by atoms with E-state index < -0.39 is 22.6 Å². The van der Waals surface area contributed by atoms with Crippen LogP contribution in [0.15, 0.2) is 41.3 Å². The van der Waals surface area contributed by atoms with Gasteiger partial charge in [0.25, 0.3) is 0 Å². The lowest BCUT2D eigenvalue weighted by Crippen LogP contribution is -2.04. The van der Waals surface area contributed by atoms with E-state index in [2.05, 4.69) is 0 Å². The zero-order chi connectivity index (χ0) is 15.6. The molecule has 2 aromatic carbocycles. The van der Waals surface area contributed by atoms with Gasteiger partial charge in [0.15, 0.2) is 0 Å². The minimum atomic E-state index is -1.71. The van der Waals surface area contributed by atoms with Crippen molar-refractivity contribution in [3.63, 3.8) is 0 Å². The minimum Gasteiger partial charge on any atom is -0.478 e. The number of aryl methyl sites for hydroxylation is 1. The Hall–Kier alpha value is -1.72. The zero-order valence-corrected chi connectivity index (χ0v) is 12.7. The Balaban J connectivity index is 2.32. The molecule has 0 aromatic heterocycles. The van der Waals surface area contributed by atoms with E-state index in [-0.39, 0.29) is 16.2 Å². The number of carboxylic acids is 1. The molecule has 0 bridgehead atoms. The van der Waals surface area contributed by atoms with Gasteiger partial charge in [-0.05, 0) is 42.3 Å². The molecule has 0 heterocycles. The first kappa shape index (κ1) is 15.7. The lowest BCUT2D eigenvalue weighted by atomic mass is 10.2. The summed E-state index contributed by atoms with van der Waals surface area (Å²) in [7, 11) is -1.71. The summed E-state index contributed by atoms with van der Waals surface area (Å²) in [5.74, 6) is -1.86. The van der Waals surface area contributed by atoms with Crippen LogP contribution in [-0.2, 0) is 16.6 Å². The van der Waals surface area contributed by atoms with Crippen LogP contribution in [0.1, 0.15) is 21.5 Å². The standard InChI is InChI=1S/C15H12ClFO3S/c1-9-2-3-11(12(16)6-9)8-21(20)14-7-10(15(18)19)4-5-13(14)17/h2-7H,8H2,1H3,(H,18,19). The minimum absolute atomic E-state index is 0.0269. The van der Waals surface area contributed by atoms with Crippen LogP contribution >= 0.6 is 11.6 Å². The fourth-order valence-corrected chi connectivity index (χ4v) is 3.41. The predicted octanol–water partition coefficient (Wildman–Crippen LogP) is 3.79. The summed E-state index contributed by atoms with van der Waals surface area (Å²) in [5, 5.41) is 9.36. The molecule has 0 radical (unpaired) electrons. The van der Waals surface area contributed by atoms with Gasteiger partial charge in [-0.3, -0.25) is 4.21 Å². The van der Waals surface area contributed by atoms with Gasteiger partial charge in [0.1, 0.15) is 5.82 Å². The summed E-state index contributed by atoms with van der Waals surface area (Å²) < 4.78 is 26.0. The molecule has 0 aliphatic rings. The monoisotopic (exact) mass is 326 g/mol. The van der Waals surface area contributed by atoms with E-state index in [1.807, 2.05) is 13.0 Å². The molecule has 0 spiro atoms. The Morgan fingerprint density at radius 3 is 2.62 bits per heavy atom. The molecule has 1 N–H and O–H groups in total. The summed E-state index contributed by atoms with van der Waals surface area (Å²) in [4.78, 5) is 10.8. The van der Waals surface area contributed by atoms with Crippen LogP contribution in [-0.4, -0.2) is 15.3 Å². The first-order valence-corrected chi connectivity index (χ1v) is 7.74. The molecule has 21 heavy (non-hydrogen) atoms. The summed E-state index contributed by atoms with van der Waals surface area (Å²) in [6, 6.07) is 8.52. The fourth-order valence-electron chi connectivity index (χ4n) is 1.80. The average molecular weight is 327 g/mol. The maximum Gasteiger partial charge on any atom is 0.335 e. The third-order valence-corrected chi connectivity index (χ3v) is 4.65. The number of hydrogen-bond donors (Lipinski definition) is 1. The van der Waals surface area contributed by atoms with Crippen molar-refractivity contribution in [1.29, 1.82) is 0 Å². The van der Waals surface area contributed by atoms with E-state index in [1.54, 1.807) is 12.1 Å². The van der Waals surface area contributed by atoms with Gasteiger partial charge < -0.3 is 5.11 Å². The normalized spacial score (nSPS) is 12.1. The van der Waals surface area contributed by atoms with Crippen molar-refractivity contribution < 1.29 is 18.5 Å². The molecule has 1 atom stereocenters. The van der Waals surface area contributed by atoms with Crippen LogP contribution in [0.4, 0.5) is 4.39 Å². The maximum atomic E-state index is 13.7. The molecule has 0 amide bonds. The Bertz CT molecular complexity index is 731. The highest BCUT2D eigenvalue weighted by molar-refractivity contribution is 7.84. The summed E-state index contributed by atoms with van der Waals surface area (Å²) in [6.45, 7) is 1.88. The molecule has 3 nitrogen and oxygen atoms in total. The largest absolute Gasteiger partial charge is 0.478 e. The Kier molecular flexibility index (Phi) is 4.75. The number of rotatable bonds is 4. The van der Waals surface area contributed by atoms with Gasteiger partial charge in [-0.2, -0.15) is 0 Å². The number of aromatic carboxylic acids is 1. The van der Waals surface area contributed by atoms with Crippen LogP contribution in [0.3, 0.4) is 0 Å². The van der Waals surface area contributed by atoms with Gasteiger partial charge in [-0.1, -0.05) is 23.7 Å². The van der Waals surface area contributed by atoms with Crippen molar-refractivity contribution in [3.8, 4) is 0 Å². The molecule has 0 saturated carbocycles. The van der Waals surface area contributed by atoms with Crippen LogP contribution < -0.4 is 0 Å². The van der Waals surface area contributed by atoms with Gasteiger partial charge in [-0.15, -0.1) is 0 Å². The molecule has 0 saturated heterocycles. The van der Waals surface area contributed by atoms with E-state index in [4.69, 9.17) is 16.7 Å². The van der Waals surface area contributed by atoms with Gasteiger partial charge in [0.2, 0.25) is 0 Å². The first-order chi connectivity index (χ1) is 9.88. The lowest BCUT2D eigenvalue weighted by Gasteiger charge is -2.07. The van der Waals surface area contributed by atoms with Crippen molar-refractivity contribution in [2.45, 2.75) is 17.6 Å². The molecular formula is C15H12ClFO3S. The lowest BCUT2D eigenvalue weighted by molar-refractivity contribution is 0.0696. The number of carbonyl (C=O) groups is 1. The quantitative estimate of drug-likeness (QED) is 0.930. The van der Waals surface area contributed by atoms with E-state index in [1.165, 1.54) is 0 Å². The van der Waals surface area contributed by atoms with Gasteiger partial charge in [-0.25, -0.2) is 9.18 Å². The average Bonchev–Trinajstić information content (AvgIpc) is 2.42. The zero-order valence-electron chi connectivity index (χ0n) is 11.1. The number of halogens is 2. The maximum absolute atomic E-state index is 13.7. The molecule has 0 fully saturated rings. The third kappa shape index (κ3) is 3.68. The highest BCUT2D eigenvalue weighted by atomic mass is 35.5. The molecule has 1 unspecified atom stereocenters. The Morgan fingerprint density at radius 1 is 1.29 bits per heavy atom. The Morgan fingerprint density at radius 2 is 2.00 bits per heavy atom. The van der Waals surface area contributed by atoms with Crippen molar-refractivity contribution in [3.05, 3.63) is 63.9 Å². The molecule has 2 rings (SSSR count). The third-order valence-electron chi connectivity index (χ3n) is 2.92. The predicted molar refractivity (Wildman–Crippen MR) is 79.7 cm³/mol. The van der Waals surface area contributed by atoms with Crippen LogP contribution in [0, 0.1) is 12.7 Å². The SMILES string of the molecule is Cc1ccc(CS(=O)c2cc(C(=O)O)ccc2F)c(Cl)c1. The fraction of sp³-hybridized carbons (Fsp3) is 0.133. The van der Waals surface area contributed by atoms with Crippen LogP contribution in [0.2, 0.25) is 5.02 Å². The molecule has 6 heteroatoms.